The Kier molecular flexibility index (Phi) is 7.88. The van der Waals surface area contributed by atoms with Crippen LogP contribution < -0.4 is 10.1 Å². The topological polar surface area (TPSA) is 61.8 Å². The normalized spacial score (nSPS) is 15.3. The first kappa shape index (κ1) is 20.4. The molecule has 1 saturated heterocycles. The number of amides is 1. The van der Waals surface area contributed by atoms with Gasteiger partial charge in [0.1, 0.15) is 12.4 Å². The highest BCUT2D eigenvalue weighted by Crippen LogP contribution is 2.17. The summed E-state index contributed by atoms with van der Waals surface area (Å²) in [5.74, 6) is 0.639. The number of carbonyl (C=O) groups excluding carboxylic acids is 1. The van der Waals surface area contributed by atoms with Crippen molar-refractivity contribution >= 4 is 5.91 Å². The predicted octanol–water partition coefficient (Wildman–Crippen LogP) is 2.77. The summed E-state index contributed by atoms with van der Waals surface area (Å²) in [5, 5.41) is 11.7. The molecule has 0 saturated carbocycles. The van der Waals surface area contributed by atoms with Gasteiger partial charge in [-0.1, -0.05) is 42.5 Å². The largest absolute Gasteiger partial charge is 0.494 e. The molecule has 0 radical (unpaired) electrons. The number of nitrogens with one attached hydrogen (secondary N) is 1. The number of rotatable bonds is 9. The van der Waals surface area contributed by atoms with Gasteiger partial charge in [-0.2, -0.15) is 0 Å². The molecule has 1 fully saturated rings. The van der Waals surface area contributed by atoms with Crippen LogP contribution in [0.1, 0.15) is 30.4 Å². The zero-order valence-corrected chi connectivity index (χ0v) is 16.3. The zero-order chi connectivity index (χ0) is 19.6. The fourth-order valence-electron chi connectivity index (χ4n) is 3.57. The van der Waals surface area contributed by atoms with Crippen molar-refractivity contribution in [3.8, 4) is 5.75 Å². The van der Waals surface area contributed by atoms with Crippen LogP contribution in [0.3, 0.4) is 0 Å². The first-order valence-corrected chi connectivity index (χ1v) is 10.1. The van der Waals surface area contributed by atoms with Crippen molar-refractivity contribution in [2.75, 3.05) is 26.3 Å². The monoisotopic (exact) mass is 382 g/mol. The number of likely N-dealkylation sites (tertiary alicyclic amines) is 1. The third-order valence-electron chi connectivity index (χ3n) is 5.15. The van der Waals surface area contributed by atoms with E-state index in [0.717, 1.165) is 57.7 Å². The highest BCUT2D eigenvalue weighted by molar-refractivity contribution is 5.77. The van der Waals surface area contributed by atoms with Gasteiger partial charge in [-0.15, -0.1) is 0 Å². The van der Waals surface area contributed by atoms with Gasteiger partial charge in [0.05, 0.1) is 6.61 Å². The smallest absolute Gasteiger partial charge is 0.245 e. The van der Waals surface area contributed by atoms with Crippen molar-refractivity contribution in [3.63, 3.8) is 0 Å². The Morgan fingerprint density at radius 3 is 2.43 bits per heavy atom. The van der Waals surface area contributed by atoms with E-state index in [-0.39, 0.29) is 11.9 Å². The number of hydrogen-bond donors (Lipinski definition) is 2. The summed E-state index contributed by atoms with van der Waals surface area (Å²) in [6.07, 6.45) is 3.89. The van der Waals surface area contributed by atoms with Gasteiger partial charge in [0.2, 0.25) is 5.91 Å². The molecule has 1 heterocycles. The molecule has 28 heavy (non-hydrogen) atoms. The van der Waals surface area contributed by atoms with Gasteiger partial charge in [-0.25, -0.2) is 0 Å². The average Bonchev–Trinajstić information content (AvgIpc) is 2.74. The van der Waals surface area contributed by atoms with Crippen LogP contribution in [0.5, 0.6) is 5.75 Å². The highest BCUT2D eigenvalue weighted by atomic mass is 16.5. The van der Waals surface area contributed by atoms with Gasteiger partial charge >= 0.3 is 0 Å². The van der Waals surface area contributed by atoms with E-state index in [1.54, 1.807) is 0 Å². The summed E-state index contributed by atoms with van der Waals surface area (Å²) >= 11 is 0. The number of carbonyl (C=O) groups is 1. The van der Waals surface area contributed by atoms with Gasteiger partial charge < -0.3 is 15.2 Å². The van der Waals surface area contributed by atoms with Crippen molar-refractivity contribution in [2.24, 2.45) is 0 Å². The molecule has 0 unspecified atom stereocenters. The fraction of sp³-hybridized carbons (Fsp3) is 0.435. The van der Waals surface area contributed by atoms with Crippen LogP contribution in [0.2, 0.25) is 0 Å². The number of aliphatic hydroxyl groups excluding tert-OH is 1. The summed E-state index contributed by atoms with van der Waals surface area (Å²) < 4.78 is 5.86. The third-order valence-corrected chi connectivity index (χ3v) is 5.15. The number of aliphatic hydroxyl groups is 1. The van der Waals surface area contributed by atoms with Crippen molar-refractivity contribution in [3.05, 3.63) is 65.7 Å². The molecule has 0 spiro atoms. The van der Waals surface area contributed by atoms with E-state index in [9.17, 15) is 4.79 Å². The maximum absolute atomic E-state index is 11.3. The number of nitrogens with zero attached hydrogens (tertiary/aromatic N) is 1. The van der Waals surface area contributed by atoms with Crippen LogP contribution in [-0.2, 0) is 17.8 Å². The minimum atomic E-state index is -0.430. The summed E-state index contributed by atoms with van der Waals surface area (Å²) in [6, 6.07) is 19.0. The second-order valence-corrected chi connectivity index (χ2v) is 7.36. The zero-order valence-electron chi connectivity index (χ0n) is 16.3. The summed E-state index contributed by atoms with van der Waals surface area (Å²) in [7, 11) is 0. The van der Waals surface area contributed by atoms with Gasteiger partial charge in [0.15, 0.2) is 0 Å². The van der Waals surface area contributed by atoms with Crippen molar-refractivity contribution in [1.29, 1.82) is 0 Å². The van der Waals surface area contributed by atoms with E-state index in [4.69, 9.17) is 9.84 Å². The molecule has 1 aliphatic heterocycles. The number of hydrogen-bond acceptors (Lipinski definition) is 4. The summed E-state index contributed by atoms with van der Waals surface area (Å²) in [4.78, 5) is 13.7. The molecule has 0 aromatic heterocycles. The third kappa shape index (κ3) is 6.66. The Labute approximate surface area is 167 Å². The molecule has 5 nitrogen and oxygen atoms in total. The number of piperidine rings is 1. The Balaban J connectivity index is 1.35. The number of benzene rings is 2. The van der Waals surface area contributed by atoms with Gasteiger partial charge in [-0.3, -0.25) is 9.69 Å². The standard InChI is InChI=1S/C23H30N2O3/c26-18-23(27)24-21-12-14-25(15-13-21)17-20-8-10-22(11-9-20)28-16-4-7-19-5-2-1-3-6-19/h1-3,5-6,8-11,21,26H,4,7,12-18H2,(H,24,27). The maximum atomic E-state index is 11.3. The lowest BCUT2D eigenvalue weighted by atomic mass is 10.0. The highest BCUT2D eigenvalue weighted by Gasteiger charge is 2.20. The molecule has 0 atom stereocenters. The Hall–Kier alpha value is -2.37. The predicted molar refractivity (Wildman–Crippen MR) is 110 cm³/mol. The quantitative estimate of drug-likeness (QED) is 0.655. The molecule has 3 rings (SSSR count). The number of aryl methyl sites for hydroxylation is 1. The minimum Gasteiger partial charge on any atom is -0.494 e. The van der Waals surface area contributed by atoms with Crippen LogP contribution in [0.4, 0.5) is 0 Å². The Morgan fingerprint density at radius 2 is 1.75 bits per heavy atom. The van der Waals surface area contributed by atoms with Crippen LogP contribution in [-0.4, -0.2) is 48.3 Å². The van der Waals surface area contributed by atoms with Crippen LogP contribution in [0.25, 0.3) is 0 Å². The van der Waals surface area contributed by atoms with Gasteiger partial charge in [0.25, 0.3) is 0 Å². The van der Waals surface area contributed by atoms with Crippen LogP contribution >= 0.6 is 0 Å². The lowest BCUT2D eigenvalue weighted by Gasteiger charge is -2.32. The van der Waals surface area contributed by atoms with E-state index < -0.39 is 6.61 Å². The molecule has 150 valence electrons. The van der Waals surface area contributed by atoms with E-state index in [2.05, 4.69) is 46.6 Å². The van der Waals surface area contributed by atoms with E-state index >= 15 is 0 Å². The molecule has 0 bridgehead atoms. The van der Waals surface area contributed by atoms with Crippen molar-refractivity contribution in [1.82, 2.24) is 10.2 Å². The van der Waals surface area contributed by atoms with E-state index in [1.165, 1.54) is 11.1 Å². The van der Waals surface area contributed by atoms with Gasteiger partial charge in [0, 0.05) is 25.7 Å². The van der Waals surface area contributed by atoms with Crippen LogP contribution in [0, 0.1) is 0 Å². The van der Waals surface area contributed by atoms with Crippen molar-refractivity contribution < 1.29 is 14.6 Å². The molecular weight excluding hydrogens is 352 g/mol. The molecule has 2 N–H and O–H groups in total. The van der Waals surface area contributed by atoms with Crippen molar-refractivity contribution in [2.45, 2.75) is 38.3 Å². The summed E-state index contributed by atoms with van der Waals surface area (Å²) in [5.41, 5.74) is 2.62. The minimum absolute atomic E-state index is 0.183. The molecule has 0 aliphatic carbocycles. The first-order chi connectivity index (χ1) is 13.7. The van der Waals surface area contributed by atoms with E-state index in [1.807, 2.05) is 18.2 Å². The Bertz CT molecular complexity index is 710. The molecule has 2 aromatic rings. The van der Waals surface area contributed by atoms with E-state index in [0.29, 0.717) is 0 Å². The molecule has 5 heteroatoms. The molecule has 2 aromatic carbocycles. The Morgan fingerprint density at radius 1 is 1.04 bits per heavy atom. The molecule has 1 aliphatic rings. The molecular formula is C23H30N2O3. The maximum Gasteiger partial charge on any atom is 0.245 e. The molecule has 1 amide bonds. The lowest BCUT2D eigenvalue weighted by molar-refractivity contribution is -0.124. The first-order valence-electron chi connectivity index (χ1n) is 10.1. The SMILES string of the molecule is O=C(CO)NC1CCN(Cc2ccc(OCCCc3ccccc3)cc2)CC1. The second-order valence-electron chi connectivity index (χ2n) is 7.36. The van der Waals surface area contributed by atoms with Gasteiger partial charge in [-0.05, 0) is 48.9 Å². The summed E-state index contributed by atoms with van der Waals surface area (Å²) in [6.45, 7) is 3.11. The number of ether oxygens (including phenoxy) is 1. The second kappa shape index (κ2) is 10.8. The fourth-order valence-corrected chi connectivity index (χ4v) is 3.57. The van der Waals surface area contributed by atoms with Crippen LogP contribution in [0.15, 0.2) is 54.6 Å². The lowest BCUT2D eigenvalue weighted by Crippen LogP contribution is -2.45. The average molecular weight is 383 g/mol.